The molecule has 0 radical (unpaired) electrons. The molecule has 1 N–H and O–H groups in total. The van der Waals surface area contributed by atoms with Crippen molar-refractivity contribution in [3.05, 3.63) is 77.4 Å². The molecule has 2 heterocycles. The normalized spacial score (nSPS) is 17.2. The molecule has 2 aliphatic heterocycles. The Labute approximate surface area is 198 Å². The van der Waals surface area contributed by atoms with E-state index in [0.29, 0.717) is 6.54 Å². The lowest BCUT2D eigenvalue weighted by Crippen LogP contribution is -2.37. The highest BCUT2D eigenvalue weighted by molar-refractivity contribution is 6.13. The topological polar surface area (TPSA) is 86.8 Å². The van der Waals surface area contributed by atoms with Crippen LogP contribution in [-0.2, 0) is 25.7 Å². The highest BCUT2D eigenvalue weighted by Crippen LogP contribution is 2.37. The van der Waals surface area contributed by atoms with Crippen LogP contribution in [0.3, 0.4) is 0 Å². The van der Waals surface area contributed by atoms with E-state index in [4.69, 9.17) is 0 Å². The van der Waals surface area contributed by atoms with E-state index in [1.807, 2.05) is 42.5 Å². The van der Waals surface area contributed by atoms with Crippen LogP contribution in [0.5, 0.6) is 0 Å². The van der Waals surface area contributed by atoms with Crippen LogP contribution in [0.15, 0.2) is 60.7 Å². The van der Waals surface area contributed by atoms with Crippen LogP contribution in [0.25, 0.3) is 11.1 Å². The first-order chi connectivity index (χ1) is 16.4. The Morgan fingerprint density at radius 2 is 1.47 bits per heavy atom. The van der Waals surface area contributed by atoms with Gasteiger partial charge in [0.1, 0.15) is 0 Å². The van der Waals surface area contributed by atoms with Crippen LogP contribution >= 0.6 is 0 Å². The number of hydrogen-bond acceptors (Lipinski definition) is 4. The number of benzene rings is 2. The van der Waals surface area contributed by atoms with E-state index in [1.54, 1.807) is 4.90 Å². The van der Waals surface area contributed by atoms with Gasteiger partial charge in [0.2, 0.25) is 11.8 Å². The molecule has 0 unspecified atom stereocenters. The first-order valence-electron chi connectivity index (χ1n) is 11.3. The fourth-order valence-electron chi connectivity index (χ4n) is 4.33. The molecule has 4 rings (SSSR count). The minimum Gasteiger partial charge on any atom is -0.356 e. The average molecular weight is 458 g/mol. The van der Waals surface area contributed by atoms with Crippen molar-refractivity contribution in [1.82, 2.24) is 10.2 Å². The number of fused-ring (bicyclic) bond motifs is 2. The molecule has 7 heteroatoms. The van der Waals surface area contributed by atoms with E-state index in [9.17, 15) is 19.2 Å². The van der Waals surface area contributed by atoms with E-state index in [1.165, 1.54) is 17.7 Å². The Morgan fingerprint density at radius 1 is 0.853 bits per heavy atom. The van der Waals surface area contributed by atoms with Gasteiger partial charge in [-0.3, -0.25) is 24.1 Å². The standard InChI is InChI=1S/C27H27N3O4/c1-18-19(2)22-9-5-6-10-23(22)30(17-20-7-3-4-8-21(18)20)27(34)13-15-28-24(31)14-16-29-25(32)11-12-26(29)33/h3-12H,13-17H2,1-2H3,(H,28,31)/b19-18-. The van der Waals surface area contributed by atoms with E-state index in [0.717, 1.165) is 32.9 Å². The number of carbonyl (C=O) groups is 4. The second kappa shape index (κ2) is 9.87. The largest absolute Gasteiger partial charge is 0.356 e. The van der Waals surface area contributed by atoms with Crippen LogP contribution in [0.4, 0.5) is 5.69 Å². The predicted molar refractivity (Wildman–Crippen MR) is 130 cm³/mol. The summed E-state index contributed by atoms with van der Waals surface area (Å²) in [6, 6.07) is 16.0. The number of nitrogens with zero attached hydrogens (tertiary/aromatic N) is 2. The zero-order valence-electron chi connectivity index (χ0n) is 19.3. The zero-order chi connectivity index (χ0) is 24.2. The molecule has 0 spiro atoms. The van der Waals surface area contributed by atoms with E-state index < -0.39 is 11.8 Å². The van der Waals surface area contributed by atoms with Crippen molar-refractivity contribution in [2.24, 2.45) is 0 Å². The Morgan fingerprint density at radius 3 is 2.21 bits per heavy atom. The lowest BCUT2D eigenvalue weighted by atomic mass is 9.90. The summed E-state index contributed by atoms with van der Waals surface area (Å²) in [5.41, 5.74) is 6.37. The maximum atomic E-state index is 13.3. The molecule has 7 nitrogen and oxygen atoms in total. The van der Waals surface area contributed by atoms with Gasteiger partial charge in [-0.05, 0) is 42.2 Å². The number of allylic oxidation sites excluding steroid dienone is 2. The van der Waals surface area contributed by atoms with E-state index in [-0.39, 0.29) is 37.7 Å². The van der Waals surface area contributed by atoms with Gasteiger partial charge < -0.3 is 10.2 Å². The molecule has 4 amide bonds. The number of imide groups is 1. The number of para-hydroxylation sites is 1. The van der Waals surface area contributed by atoms with Gasteiger partial charge in [-0.2, -0.15) is 0 Å². The highest BCUT2D eigenvalue weighted by atomic mass is 16.2. The van der Waals surface area contributed by atoms with Gasteiger partial charge >= 0.3 is 0 Å². The number of nitrogens with one attached hydrogen (secondary N) is 1. The summed E-state index contributed by atoms with van der Waals surface area (Å²) in [6.07, 6.45) is 2.51. The number of rotatable bonds is 6. The van der Waals surface area contributed by atoms with Crippen LogP contribution in [0.1, 0.15) is 43.4 Å². The van der Waals surface area contributed by atoms with Gasteiger partial charge in [0.05, 0.1) is 12.2 Å². The molecule has 0 saturated carbocycles. The molecule has 174 valence electrons. The third-order valence-corrected chi connectivity index (χ3v) is 6.34. The Kier molecular flexibility index (Phi) is 6.72. The summed E-state index contributed by atoms with van der Waals surface area (Å²) in [5.74, 6) is -1.23. The molecule has 2 aromatic carbocycles. The first kappa shape index (κ1) is 23.2. The van der Waals surface area contributed by atoms with Gasteiger partial charge in [-0.15, -0.1) is 0 Å². The molecular weight excluding hydrogens is 430 g/mol. The lowest BCUT2D eigenvalue weighted by Gasteiger charge is -2.30. The molecule has 0 saturated heterocycles. The third kappa shape index (κ3) is 4.69. The molecule has 0 aliphatic carbocycles. The molecular formula is C27H27N3O4. The third-order valence-electron chi connectivity index (χ3n) is 6.34. The summed E-state index contributed by atoms with van der Waals surface area (Å²) in [6.45, 7) is 4.82. The molecule has 0 bridgehead atoms. The average Bonchev–Trinajstić information content (AvgIpc) is 3.16. The monoisotopic (exact) mass is 457 g/mol. The van der Waals surface area contributed by atoms with Crippen LogP contribution < -0.4 is 10.2 Å². The number of anilines is 1. The molecule has 34 heavy (non-hydrogen) atoms. The van der Waals surface area contributed by atoms with Crippen molar-refractivity contribution in [1.29, 1.82) is 0 Å². The Bertz CT molecular complexity index is 1210. The summed E-state index contributed by atoms with van der Waals surface area (Å²) in [4.78, 5) is 51.5. The van der Waals surface area contributed by atoms with E-state index >= 15 is 0 Å². The van der Waals surface area contributed by atoms with Crippen molar-refractivity contribution >= 4 is 40.5 Å². The first-order valence-corrected chi connectivity index (χ1v) is 11.3. The van der Waals surface area contributed by atoms with Gasteiger partial charge in [-0.25, -0.2) is 0 Å². The number of hydrogen-bond donors (Lipinski definition) is 1. The Balaban J connectivity index is 1.44. The quantitative estimate of drug-likeness (QED) is 0.675. The lowest BCUT2D eigenvalue weighted by molar-refractivity contribution is -0.137. The van der Waals surface area contributed by atoms with Crippen molar-refractivity contribution < 1.29 is 19.2 Å². The number of carbonyl (C=O) groups excluding carboxylic acids is 4. The summed E-state index contributed by atoms with van der Waals surface area (Å²) >= 11 is 0. The van der Waals surface area contributed by atoms with Crippen molar-refractivity contribution in [2.45, 2.75) is 33.2 Å². The fraction of sp³-hybridized carbons (Fsp3) is 0.259. The number of amides is 4. The highest BCUT2D eigenvalue weighted by Gasteiger charge is 2.25. The van der Waals surface area contributed by atoms with Crippen molar-refractivity contribution in [3.8, 4) is 0 Å². The van der Waals surface area contributed by atoms with Crippen molar-refractivity contribution in [2.75, 3.05) is 18.0 Å². The Hall–Kier alpha value is -4.00. The van der Waals surface area contributed by atoms with Crippen LogP contribution in [0.2, 0.25) is 0 Å². The molecule has 0 atom stereocenters. The molecule has 2 aromatic rings. The second-order valence-corrected chi connectivity index (χ2v) is 8.42. The molecule has 0 fully saturated rings. The van der Waals surface area contributed by atoms with Crippen molar-refractivity contribution in [3.63, 3.8) is 0 Å². The summed E-state index contributed by atoms with van der Waals surface area (Å²) in [7, 11) is 0. The summed E-state index contributed by atoms with van der Waals surface area (Å²) in [5, 5.41) is 2.73. The van der Waals surface area contributed by atoms with Gasteiger partial charge in [-0.1, -0.05) is 42.5 Å². The predicted octanol–water partition coefficient (Wildman–Crippen LogP) is 3.31. The second-order valence-electron chi connectivity index (χ2n) is 8.42. The van der Waals surface area contributed by atoms with Gasteiger partial charge in [0, 0.05) is 43.6 Å². The SMILES string of the molecule is C/C1=C(\C)c2ccccc2N(C(=O)CCNC(=O)CCN2C(=O)C=CC2=O)Cc2ccccc21. The van der Waals surface area contributed by atoms with Crippen LogP contribution in [-0.4, -0.2) is 41.6 Å². The zero-order valence-corrected chi connectivity index (χ0v) is 19.3. The fourth-order valence-corrected chi connectivity index (χ4v) is 4.33. The maximum absolute atomic E-state index is 13.3. The smallest absolute Gasteiger partial charge is 0.253 e. The van der Waals surface area contributed by atoms with E-state index in [2.05, 4.69) is 25.2 Å². The molecule has 2 aliphatic rings. The van der Waals surface area contributed by atoms with Gasteiger partial charge in [0.15, 0.2) is 0 Å². The molecule has 0 aromatic heterocycles. The summed E-state index contributed by atoms with van der Waals surface area (Å²) < 4.78 is 0. The minimum atomic E-state index is -0.413. The van der Waals surface area contributed by atoms with Gasteiger partial charge in [0.25, 0.3) is 11.8 Å². The minimum absolute atomic E-state index is 0.00343. The maximum Gasteiger partial charge on any atom is 0.253 e. The van der Waals surface area contributed by atoms with Crippen LogP contribution in [0, 0.1) is 0 Å².